The van der Waals surface area contributed by atoms with Crippen LogP contribution in [0.3, 0.4) is 0 Å². The number of ether oxygens (including phenoxy) is 1. The Labute approximate surface area is 139 Å². The summed E-state index contributed by atoms with van der Waals surface area (Å²) < 4.78 is 5.65. The minimum absolute atomic E-state index is 0.443. The van der Waals surface area contributed by atoms with Gasteiger partial charge in [-0.2, -0.15) is 5.26 Å². The van der Waals surface area contributed by atoms with E-state index in [4.69, 9.17) is 17.0 Å². The van der Waals surface area contributed by atoms with Crippen LogP contribution in [0, 0.1) is 16.0 Å². The third-order valence-corrected chi connectivity index (χ3v) is 3.95. The van der Waals surface area contributed by atoms with E-state index in [9.17, 15) is 5.26 Å². The molecule has 2 aromatic carbocycles. The molecule has 0 fully saturated rings. The van der Waals surface area contributed by atoms with Crippen LogP contribution in [-0.4, -0.2) is 12.1 Å². The molecule has 23 heavy (non-hydrogen) atoms. The Morgan fingerprint density at radius 1 is 1.00 bits per heavy atom. The third kappa shape index (κ3) is 3.01. The van der Waals surface area contributed by atoms with Gasteiger partial charge in [-0.1, -0.05) is 42.5 Å². The van der Waals surface area contributed by atoms with E-state index in [-0.39, 0.29) is 0 Å². The second-order valence-electron chi connectivity index (χ2n) is 5.01. The molecule has 0 saturated carbocycles. The smallest absolute Gasteiger partial charge is 0.121 e. The van der Waals surface area contributed by atoms with Crippen molar-refractivity contribution in [2.45, 2.75) is 0 Å². The summed E-state index contributed by atoms with van der Waals surface area (Å²) >= 11 is 5.29. The lowest BCUT2D eigenvalue weighted by atomic mass is 9.98. The fraction of sp³-hybridized carbons (Fsp3) is 0.0526. The van der Waals surface area contributed by atoms with Crippen molar-refractivity contribution in [3.8, 4) is 34.2 Å². The molecule has 4 heteroatoms. The van der Waals surface area contributed by atoms with Gasteiger partial charge in [0.15, 0.2) is 0 Å². The molecule has 112 valence electrons. The summed E-state index contributed by atoms with van der Waals surface area (Å²) in [5.41, 5.74) is 4.32. The van der Waals surface area contributed by atoms with Crippen LogP contribution in [0.5, 0.6) is 5.75 Å². The van der Waals surface area contributed by atoms with E-state index in [1.807, 2.05) is 60.7 Å². The van der Waals surface area contributed by atoms with Crippen molar-refractivity contribution in [3.05, 3.63) is 70.9 Å². The largest absolute Gasteiger partial charge is 0.497 e. The van der Waals surface area contributed by atoms with Gasteiger partial charge in [-0.25, -0.2) is 0 Å². The second-order valence-corrected chi connectivity index (χ2v) is 5.42. The Hall–Kier alpha value is -2.90. The molecule has 3 nitrogen and oxygen atoms in total. The van der Waals surface area contributed by atoms with Gasteiger partial charge in [0.2, 0.25) is 0 Å². The first-order valence-electron chi connectivity index (χ1n) is 7.10. The van der Waals surface area contributed by atoms with Gasteiger partial charge in [0.1, 0.15) is 16.5 Å². The van der Waals surface area contributed by atoms with E-state index >= 15 is 0 Å². The summed E-state index contributed by atoms with van der Waals surface area (Å²) in [6.45, 7) is 0. The zero-order valence-electron chi connectivity index (χ0n) is 12.5. The molecule has 0 spiro atoms. The van der Waals surface area contributed by atoms with Crippen molar-refractivity contribution in [2.75, 3.05) is 7.11 Å². The summed E-state index contributed by atoms with van der Waals surface area (Å²) in [4.78, 5) is 3.20. The summed E-state index contributed by atoms with van der Waals surface area (Å²) in [6.07, 6.45) is 0. The molecule has 0 amide bonds. The number of aromatic amines is 1. The molecule has 0 saturated heterocycles. The number of nitrogens with one attached hydrogen (secondary N) is 1. The number of nitriles is 1. The zero-order chi connectivity index (χ0) is 16.2. The number of methoxy groups -OCH3 is 1. The van der Waals surface area contributed by atoms with E-state index in [1.165, 1.54) is 0 Å². The second kappa shape index (κ2) is 6.47. The van der Waals surface area contributed by atoms with Crippen LogP contribution in [0.15, 0.2) is 60.7 Å². The van der Waals surface area contributed by atoms with Crippen LogP contribution in [0.25, 0.3) is 22.4 Å². The van der Waals surface area contributed by atoms with E-state index in [1.54, 1.807) is 7.11 Å². The molecule has 3 aromatic rings. The molecule has 0 radical (unpaired) electrons. The highest BCUT2D eigenvalue weighted by atomic mass is 32.1. The lowest BCUT2D eigenvalue weighted by molar-refractivity contribution is 0.415. The highest BCUT2D eigenvalue weighted by Crippen LogP contribution is 2.32. The monoisotopic (exact) mass is 318 g/mol. The summed E-state index contributed by atoms with van der Waals surface area (Å²) in [5, 5.41) is 9.27. The fourth-order valence-corrected chi connectivity index (χ4v) is 2.65. The van der Waals surface area contributed by atoms with Gasteiger partial charge in [0, 0.05) is 5.56 Å². The highest BCUT2D eigenvalue weighted by Gasteiger charge is 2.11. The number of pyridine rings is 1. The first-order chi connectivity index (χ1) is 11.2. The first-order valence-corrected chi connectivity index (χ1v) is 7.51. The molecule has 0 atom stereocenters. The molecule has 1 heterocycles. The standard InChI is InChI=1S/C19H14N2OS/c1-22-16-9-7-14(8-10-16)18-17(13-5-3-2-4-6-13)11-15(12-20)19(23)21-18/h2-11H,1H3,(H,21,23). The molecule has 0 aliphatic rings. The van der Waals surface area contributed by atoms with Crippen LogP contribution < -0.4 is 4.74 Å². The van der Waals surface area contributed by atoms with Gasteiger partial charge in [0.25, 0.3) is 0 Å². The minimum Gasteiger partial charge on any atom is -0.497 e. The number of nitrogens with zero attached hydrogens (tertiary/aromatic N) is 1. The Morgan fingerprint density at radius 3 is 2.30 bits per heavy atom. The number of rotatable bonds is 3. The minimum atomic E-state index is 0.443. The Balaban J connectivity index is 2.24. The number of benzene rings is 2. The van der Waals surface area contributed by atoms with Crippen molar-refractivity contribution in [1.82, 2.24) is 4.98 Å². The summed E-state index contributed by atoms with van der Waals surface area (Å²) in [6, 6.07) is 21.7. The van der Waals surface area contributed by atoms with Crippen molar-refractivity contribution < 1.29 is 4.74 Å². The number of hydrogen-bond donors (Lipinski definition) is 1. The highest BCUT2D eigenvalue weighted by molar-refractivity contribution is 7.71. The van der Waals surface area contributed by atoms with Crippen molar-refractivity contribution in [1.29, 1.82) is 5.26 Å². The Bertz CT molecular complexity index is 922. The Kier molecular flexibility index (Phi) is 4.22. The first kappa shape index (κ1) is 15.0. The van der Waals surface area contributed by atoms with Gasteiger partial charge >= 0.3 is 0 Å². The normalized spacial score (nSPS) is 10.1. The predicted octanol–water partition coefficient (Wildman–Crippen LogP) is 4.96. The molecular weight excluding hydrogens is 304 g/mol. The van der Waals surface area contributed by atoms with E-state index in [0.29, 0.717) is 10.2 Å². The van der Waals surface area contributed by atoms with E-state index < -0.39 is 0 Å². The number of H-pyrrole nitrogens is 1. The van der Waals surface area contributed by atoms with E-state index in [2.05, 4.69) is 11.1 Å². The van der Waals surface area contributed by atoms with Gasteiger partial charge < -0.3 is 9.72 Å². The fourth-order valence-electron chi connectivity index (χ4n) is 2.44. The molecular formula is C19H14N2OS. The van der Waals surface area contributed by atoms with Crippen LogP contribution in [0.1, 0.15) is 5.56 Å². The third-order valence-electron chi connectivity index (χ3n) is 3.63. The van der Waals surface area contributed by atoms with Gasteiger partial charge in [-0.3, -0.25) is 0 Å². The zero-order valence-corrected chi connectivity index (χ0v) is 13.4. The average Bonchev–Trinajstić information content (AvgIpc) is 2.62. The number of hydrogen-bond acceptors (Lipinski definition) is 3. The van der Waals surface area contributed by atoms with Crippen molar-refractivity contribution in [2.24, 2.45) is 0 Å². The topological polar surface area (TPSA) is 48.8 Å². The Morgan fingerprint density at radius 2 is 1.70 bits per heavy atom. The van der Waals surface area contributed by atoms with Gasteiger partial charge in [-0.05, 0) is 41.5 Å². The molecule has 0 aliphatic heterocycles. The van der Waals surface area contributed by atoms with Crippen LogP contribution in [0.4, 0.5) is 0 Å². The lowest BCUT2D eigenvalue weighted by Crippen LogP contribution is -1.93. The molecule has 0 unspecified atom stereocenters. The average molecular weight is 318 g/mol. The van der Waals surface area contributed by atoms with Crippen molar-refractivity contribution in [3.63, 3.8) is 0 Å². The van der Waals surface area contributed by atoms with E-state index in [0.717, 1.165) is 28.1 Å². The van der Waals surface area contributed by atoms with Crippen LogP contribution in [0.2, 0.25) is 0 Å². The number of aromatic nitrogens is 1. The van der Waals surface area contributed by atoms with Crippen LogP contribution >= 0.6 is 12.2 Å². The maximum Gasteiger partial charge on any atom is 0.121 e. The summed E-state index contributed by atoms with van der Waals surface area (Å²) in [7, 11) is 1.64. The lowest BCUT2D eigenvalue weighted by Gasteiger charge is -2.12. The predicted molar refractivity (Wildman–Crippen MR) is 93.8 cm³/mol. The molecule has 0 aliphatic carbocycles. The van der Waals surface area contributed by atoms with Gasteiger partial charge in [-0.15, -0.1) is 0 Å². The molecule has 1 aromatic heterocycles. The molecule has 1 N–H and O–H groups in total. The van der Waals surface area contributed by atoms with Gasteiger partial charge in [0.05, 0.1) is 18.4 Å². The maximum absolute atomic E-state index is 9.27. The molecule has 0 bridgehead atoms. The van der Waals surface area contributed by atoms with Crippen molar-refractivity contribution >= 4 is 12.2 Å². The maximum atomic E-state index is 9.27. The quantitative estimate of drug-likeness (QED) is 0.694. The van der Waals surface area contributed by atoms with Crippen LogP contribution in [-0.2, 0) is 0 Å². The summed E-state index contributed by atoms with van der Waals surface area (Å²) in [5.74, 6) is 0.794. The molecule has 3 rings (SSSR count). The SMILES string of the molecule is COc1ccc(-c2[nH]c(=S)c(C#N)cc2-c2ccccc2)cc1.